The van der Waals surface area contributed by atoms with Crippen molar-refractivity contribution >= 4 is 15.8 Å². The summed E-state index contributed by atoms with van der Waals surface area (Å²) in [5, 5.41) is 7.31. The molecule has 0 bridgehead atoms. The van der Waals surface area contributed by atoms with Gasteiger partial charge in [-0.3, -0.25) is 4.68 Å². The van der Waals surface area contributed by atoms with Gasteiger partial charge in [0, 0.05) is 26.0 Å². The van der Waals surface area contributed by atoms with Gasteiger partial charge in [0.25, 0.3) is 0 Å². The maximum Gasteiger partial charge on any atom is 0.223 e. The molecule has 0 saturated carbocycles. The van der Waals surface area contributed by atoms with Crippen LogP contribution in [0.5, 0.6) is 0 Å². The summed E-state index contributed by atoms with van der Waals surface area (Å²) >= 11 is 0. The third-order valence-electron chi connectivity index (χ3n) is 3.91. The van der Waals surface area contributed by atoms with E-state index in [1.165, 1.54) is 0 Å². The molecule has 1 atom stereocenters. The van der Waals surface area contributed by atoms with Gasteiger partial charge in [0.1, 0.15) is 0 Å². The maximum absolute atomic E-state index is 11.5. The molecule has 1 unspecified atom stereocenters. The molecular weight excluding hydrogens is 302 g/mol. The molecule has 22 heavy (non-hydrogen) atoms. The van der Waals surface area contributed by atoms with Crippen molar-refractivity contribution in [2.75, 3.05) is 23.4 Å². The van der Waals surface area contributed by atoms with Gasteiger partial charge in [-0.05, 0) is 30.9 Å². The number of aromatic nitrogens is 4. The molecule has 118 valence electrons. The Kier molecular flexibility index (Phi) is 3.86. The van der Waals surface area contributed by atoms with Crippen LogP contribution in [0.2, 0.25) is 0 Å². The number of rotatable bonds is 4. The second-order valence-corrected chi connectivity index (χ2v) is 7.94. The van der Waals surface area contributed by atoms with Crippen LogP contribution in [0.15, 0.2) is 18.5 Å². The molecule has 0 radical (unpaired) electrons. The summed E-state index contributed by atoms with van der Waals surface area (Å²) in [4.78, 5) is 8.81. The first-order valence-corrected chi connectivity index (χ1v) is 9.03. The maximum atomic E-state index is 11.5. The van der Waals surface area contributed by atoms with Crippen LogP contribution >= 0.6 is 0 Å². The van der Waals surface area contributed by atoms with Crippen molar-refractivity contribution in [3.8, 4) is 11.4 Å². The van der Waals surface area contributed by atoms with E-state index in [1.807, 2.05) is 20.0 Å². The highest BCUT2D eigenvalue weighted by Crippen LogP contribution is 2.22. The van der Waals surface area contributed by atoms with Crippen LogP contribution in [0.1, 0.15) is 12.0 Å². The summed E-state index contributed by atoms with van der Waals surface area (Å²) < 4.78 is 24.7. The summed E-state index contributed by atoms with van der Waals surface area (Å²) in [7, 11) is -0.980. The van der Waals surface area contributed by atoms with Crippen molar-refractivity contribution in [2.45, 2.75) is 13.3 Å². The van der Waals surface area contributed by atoms with Crippen molar-refractivity contribution < 1.29 is 8.42 Å². The smallest absolute Gasteiger partial charge is 0.223 e. The van der Waals surface area contributed by atoms with Crippen LogP contribution in [-0.2, 0) is 16.9 Å². The Morgan fingerprint density at radius 3 is 2.91 bits per heavy atom. The predicted molar refractivity (Wildman–Crippen MR) is 84.2 cm³/mol. The lowest BCUT2D eigenvalue weighted by molar-refractivity contribution is 0.595. The standard InChI is InChI=1S/C14H19N5O2S/c1-10-7-15-14(16-8-11-4-6-22(20,21)9-11)18-13(10)12-3-5-17-19(12)2/h3,5,7,11H,4,6,8-9H2,1-2H3,(H,15,16,18). The molecule has 1 aliphatic rings. The van der Waals surface area contributed by atoms with Crippen LogP contribution in [0, 0.1) is 12.8 Å². The summed E-state index contributed by atoms with van der Waals surface area (Å²) in [5.41, 5.74) is 2.72. The summed E-state index contributed by atoms with van der Waals surface area (Å²) in [6.07, 6.45) is 4.20. The zero-order valence-electron chi connectivity index (χ0n) is 12.7. The molecule has 1 aliphatic heterocycles. The predicted octanol–water partition coefficient (Wildman–Crippen LogP) is 1.03. The highest BCUT2D eigenvalue weighted by molar-refractivity contribution is 7.91. The van der Waals surface area contributed by atoms with E-state index in [2.05, 4.69) is 20.4 Å². The molecule has 8 heteroatoms. The molecular formula is C14H19N5O2S. The van der Waals surface area contributed by atoms with Crippen molar-refractivity contribution in [1.82, 2.24) is 19.7 Å². The number of nitrogens with zero attached hydrogens (tertiary/aromatic N) is 4. The van der Waals surface area contributed by atoms with Crippen molar-refractivity contribution in [3.05, 3.63) is 24.0 Å². The first-order valence-electron chi connectivity index (χ1n) is 7.21. The number of aryl methyl sites for hydroxylation is 2. The fraction of sp³-hybridized carbons (Fsp3) is 0.500. The summed E-state index contributed by atoms with van der Waals surface area (Å²) in [6, 6.07) is 1.91. The largest absolute Gasteiger partial charge is 0.354 e. The van der Waals surface area contributed by atoms with Crippen molar-refractivity contribution in [1.29, 1.82) is 0 Å². The molecule has 2 aromatic rings. The molecule has 1 fully saturated rings. The molecule has 1 N–H and O–H groups in total. The van der Waals surface area contributed by atoms with Crippen LogP contribution in [0.3, 0.4) is 0 Å². The van der Waals surface area contributed by atoms with Gasteiger partial charge >= 0.3 is 0 Å². The van der Waals surface area contributed by atoms with E-state index in [9.17, 15) is 8.42 Å². The van der Waals surface area contributed by atoms with Gasteiger partial charge in [0.05, 0.1) is 22.9 Å². The van der Waals surface area contributed by atoms with Gasteiger partial charge in [-0.1, -0.05) is 0 Å². The number of sulfone groups is 1. The Balaban J connectivity index is 1.74. The Labute approximate surface area is 129 Å². The highest BCUT2D eigenvalue weighted by Gasteiger charge is 2.27. The molecule has 3 rings (SSSR count). The fourth-order valence-corrected chi connectivity index (χ4v) is 4.52. The number of nitrogens with one attached hydrogen (secondary N) is 1. The Morgan fingerprint density at radius 2 is 2.27 bits per heavy atom. The molecule has 0 aliphatic carbocycles. The highest BCUT2D eigenvalue weighted by atomic mass is 32.2. The Hall–Kier alpha value is -1.96. The average molecular weight is 321 g/mol. The first-order chi connectivity index (χ1) is 10.4. The van der Waals surface area contributed by atoms with Gasteiger partial charge in [0.2, 0.25) is 5.95 Å². The zero-order valence-corrected chi connectivity index (χ0v) is 13.5. The molecule has 1 saturated heterocycles. The monoisotopic (exact) mass is 321 g/mol. The molecule has 7 nitrogen and oxygen atoms in total. The number of anilines is 1. The van der Waals surface area contributed by atoms with E-state index in [-0.39, 0.29) is 17.4 Å². The molecule has 0 spiro atoms. The topological polar surface area (TPSA) is 89.8 Å². The van der Waals surface area contributed by atoms with Gasteiger partial charge in [0.15, 0.2) is 9.84 Å². The molecule has 3 heterocycles. The lowest BCUT2D eigenvalue weighted by Gasteiger charge is -2.11. The third kappa shape index (κ3) is 3.11. The first kappa shape index (κ1) is 15.0. The SMILES string of the molecule is Cc1cnc(NCC2CCS(=O)(=O)C2)nc1-c1ccnn1C. The van der Waals surface area contributed by atoms with Gasteiger partial charge < -0.3 is 5.32 Å². The minimum Gasteiger partial charge on any atom is -0.354 e. The van der Waals surface area contributed by atoms with Gasteiger partial charge in [-0.25, -0.2) is 18.4 Å². The van der Waals surface area contributed by atoms with Crippen LogP contribution in [0.25, 0.3) is 11.4 Å². The minimum absolute atomic E-state index is 0.134. The third-order valence-corrected chi connectivity index (χ3v) is 5.75. The fourth-order valence-electron chi connectivity index (χ4n) is 2.66. The molecule has 0 amide bonds. The second kappa shape index (κ2) is 5.68. The van der Waals surface area contributed by atoms with Gasteiger partial charge in [-0.2, -0.15) is 5.10 Å². The molecule has 2 aromatic heterocycles. The van der Waals surface area contributed by atoms with Crippen molar-refractivity contribution in [2.24, 2.45) is 13.0 Å². The van der Waals surface area contributed by atoms with Crippen molar-refractivity contribution in [3.63, 3.8) is 0 Å². The summed E-state index contributed by atoms with van der Waals surface area (Å²) in [6.45, 7) is 2.53. The number of hydrogen-bond donors (Lipinski definition) is 1. The lowest BCUT2D eigenvalue weighted by atomic mass is 10.1. The zero-order chi connectivity index (χ0) is 15.7. The van der Waals surface area contributed by atoms with Crippen LogP contribution in [-0.4, -0.2) is 46.2 Å². The lowest BCUT2D eigenvalue weighted by Crippen LogP contribution is -2.17. The average Bonchev–Trinajstić information content (AvgIpc) is 3.03. The van der Waals surface area contributed by atoms with Crippen LogP contribution in [0.4, 0.5) is 5.95 Å². The van der Waals surface area contributed by atoms with E-state index in [0.29, 0.717) is 18.9 Å². The van der Waals surface area contributed by atoms with Gasteiger partial charge in [-0.15, -0.1) is 0 Å². The Morgan fingerprint density at radius 1 is 1.45 bits per heavy atom. The van der Waals surface area contributed by atoms with E-state index in [4.69, 9.17) is 0 Å². The molecule has 0 aromatic carbocycles. The normalized spacial score (nSPS) is 20.2. The minimum atomic E-state index is -2.85. The Bertz CT molecular complexity index is 784. The van der Waals surface area contributed by atoms with Crippen LogP contribution < -0.4 is 5.32 Å². The summed E-state index contributed by atoms with van der Waals surface area (Å²) in [5.74, 6) is 1.19. The van der Waals surface area contributed by atoms with E-state index >= 15 is 0 Å². The van der Waals surface area contributed by atoms with E-state index < -0.39 is 9.84 Å². The second-order valence-electron chi connectivity index (χ2n) is 5.72. The number of hydrogen-bond acceptors (Lipinski definition) is 6. The van der Waals surface area contributed by atoms with E-state index in [0.717, 1.165) is 17.0 Å². The van der Waals surface area contributed by atoms with E-state index in [1.54, 1.807) is 17.1 Å². The quantitative estimate of drug-likeness (QED) is 0.904.